The molecule has 1 aliphatic carbocycles. The molecule has 0 aromatic carbocycles. The van der Waals surface area contributed by atoms with Crippen LogP contribution < -0.4 is 0 Å². The zero-order valence-corrected chi connectivity index (χ0v) is 19.8. The van der Waals surface area contributed by atoms with E-state index in [1.54, 1.807) is 0 Å². The van der Waals surface area contributed by atoms with Crippen LogP contribution in [-0.4, -0.2) is 33.6 Å². The molecule has 3 rings (SSSR count). The van der Waals surface area contributed by atoms with Gasteiger partial charge in [0.25, 0.3) is 0 Å². The van der Waals surface area contributed by atoms with Crippen molar-refractivity contribution < 1.29 is 9.53 Å². The summed E-state index contributed by atoms with van der Waals surface area (Å²) in [7, 11) is -2.25. The van der Waals surface area contributed by atoms with Gasteiger partial charge >= 0.3 is 0 Å². The van der Waals surface area contributed by atoms with Gasteiger partial charge in [-0.1, -0.05) is 45.4 Å². The number of rotatable bonds is 4. The first-order valence-electron chi connectivity index (χ1n) is 9.77. The van der Waals surface area contributed by atoms with Crippen molar-refractivity contribution in [2.75, 3.05) is 0 Å². The first-order valence-corrected chi connectivity index (χ1v) is 13.1. The average molecular weight is 422 g/mol. The summed E-state index contributed by atoms with van der Waals surface area (Å²) >= 11 is 6.31. The van der Waals surface area contributed by atoms with Crippen molar-refractivity contribution in [1.29, 1.82) is 0 Å². The van der Waals surface area contributed by atoms with Crippen LogP contribution in [0.15, 0.2) is 31.2 Å². The van der Waals surface area contributed by atoms with Crippen molar-refractivity contribution in [1.82, 2.24) is 14.5 Å². The Bertz CT molecular complexity index is 918. The van der Waals surface area contributed by atoms with E-state index >= 15 is 0 Å². The van der Waals surface area contributed by atoms with E-state index in [0.29, 0.717) is 17.2 Å². The summed E-state index contributed by atoms with van der Waals surface area (Å²) in [6, 6.07) is 1.90. The molecule has 3 atom stereocenters. The molecule has 0 bridgehead atoms. The predicted molar refractivity (Wildman–Crippen MR) is 117 cm³/mol. The standard InChI is InChI=1S/C21H32ClN3O2Si/c1-9-19(5)11-12-21(20(19,6)26,27-28(7,8)18(2,3)4)25-13-10-15-16(22)23-14-24-17(15)25/h9-10,13-14,26H,1,11-12H2,2-8H3/t19-,20?,21-/m0/s1. The summed E-state index contributed by atoms with van der Waals surface area (Å²) in [5, 5.41) is 13.1. The smallest absolute Gasteiger partial charge is 0.195 e. The predicted octanol–water partition coefficient (Wildman–Crippen LogP) is 5.50. The molecule has 0 radical (unpaired) electrons. The molecule has 2 aromatic rings. The molecule has 2 aromatic heterocycles. The maximum atomic E-state index is 12.0. The summed E-state index contributed by atoms with van der Waals surface area (Å²) in [6.07, 6.45) is 6.65. The third-order valence-corrected chi connectivity index (χ3v) is 12.1. The van der Waals surface area contributed by atoms with Crippen LogP contribution in [0.3, 0.4) is 0 Å². The zero-order valence-electron chi connectivity index (χ0n) is 18.0. The Hall–Kier alpha value is -1.21. The molecular weight excluding hydrogens is 390 g/mol. The minimum Gasteiger partial charge on any atom is -0.392 e. The molecule has 1 N–H and O–H groups in total. The number of nitrogens with zero attached hydrogens (tertiary/aromatic N) is 3. The van der Waals surface area contributed by atoms with Gasteiger partial charge in [-0.15, -0.1) is 6.58 Å². The van der Waals surface area contributed by atoms with E-state index < -0.39 is 25.1 Å². The van der Waals surface area contributed by atoms with E-state index in [4.69, 9.17) is 16.0 Å². The second-order valence-electron chi connectivity index (χ2n) is 9.93. The Labute approximate surface area is 173 Å². The maximum absolute atomic E-state index is 12.0. The van der Waals surface area contributed by atoms with Crippen molar-refractivity contribution in [2.24, 2.45) is 5.41 Å². The second-order valence-corrected chi connectivity index (χ2v) is 15.0. The van der Waals surface area contributed by atoms with Crippen LogP contribution in [-0.2, 0) is 10.2 Å². The highest BCUT2D eigenvalue weighted by atomic mass is 35.5. The van der Waals surface area contributed by atoms with Crippen LogP contribution in [0.5, 0.6) is 0 Å². The largest absolute Gasteiger partial charge is 0.392 e. The van der Waals surface area contributed by atoms with Crippen molar-refractivity contribution >= 4 is 31.0 Å². The number of aliphatic hydroxyl groups is 1. The first-order chi connectivity index (χ1) is 12.7. The molecule has 0 saturated heterocycles. The maximum Gasteiger partial charge on any atom is 0.195 e. The van der Waals surface area contributed by atoms with Gasteiger partial charge in [0, 0.05) is 11.6 Å². The summed E-state index contributed by atoms with van der Waals surface area (Å²) in [4.78, 5) is 8.58. The normalized spacial score (nSPS) is 31.5. The van der Waals surface area contributed by atoms with Crippen molar-refractivity contribution in [3.63, 3.8) is 0 Å². The Morgan fingerprint density at radius 2 is 1.93 bits per heavy atom. The van der Waals surface area contributed by atoms with E-state index in [1.165, 1.54) is 6.33 Å². The lowest BCUT2D eigenvalue weighted by molar-refractivity contribution is -0.188. The van der Waals surface area contributed by atoms with Gasteiger partial charge in [0.05, 0.1) is 5.39 Å². The number of fused-ring (bicyclic) bond motifs is 1. The van der Waals surface area contributed by atoms with Gasteiger partial charge in [0.2, 0.25) is 0 Å². The molecule has 1 fully saturated rings. The minimum absolute atomic E-state index is 0.0150. The molecule has 154 valence electrons. The number of aromatic nitrogens is 3. The fourth-order valence-electron chi connectivity index (χ4n) is 4.00. The van der Waals surface area contributed by atoms with Crippen LogP contribution in [0.4, 0.5) is 0 Å². The fourth-order valence-corrected chi connectivity index (χ4v) is 5.75. The SMILES string of the molecule is C=C[C@@]1(C)CC[C@@](O[Si](C)(C)C(C)(C)C)(n2ccc3c(Cl)ncnc32)C1(C)O. The van der Waals surface area contributed by atoms with Gasteiger partial charge in [-0.2, -0.15) is 0 Å². The third-order valence-electron chi connectivity index (χ3n) is 7.36. The molecule has 28 heavy (non-hydrogen) atoms. The van der Waals surface area contributed by atoms with Gasteiger partial charge < -0.3 is 14.1 Å². The van der Waals surface area contributed by atoms with Gasteiger partial charge in [-0.3, -0.25) is 0 Å². The second kappa shape index (κ2) is 6.39. The minimum atomic E-state index is -2.25. The summed E-state index contributed by atoms with van der Waals surface area (Å²) in [5.74, 6) is 0. The van der Waals surface area contributed by atoms with Gasteiger partial charge in [-0.25, -0.2) is 9.97 Å². The number of hydrogen-bond acceptors (Lipinski definition) is 4. The molecule has 5 nitrogen and oxygen atoms in total. The molecule has 7 heteroatoms. The Morgan fingerprint density at radius 1 is 1.29 bits per heavy atom. The molecule has 1 aliphatic rings. The van der Waals surface area contributed by atoms with Gasteiger partial charge in [-0.05, 0) is 44.0 Å². The first kappa shape index (κ1) is 21.5. The van der Waals surface area contributed by atoms with Crippen molar-refractivity contribution in [3.8, 4) is 0 Å². The van der Waals surface area contributed by atoms with Gasteiger partial charge in [0.15, 0.2) is 14.0 Å². The lowest BCUT2D eigenvalue weighted by Crippen LogP contribution is -2.62. The Kier molecular flexibility index (Phi) is 4.91. The Balaban J connectivity index is 2.30. The Morgan fingerprint density at radius 3 is 2.46 bits per heavy atom. The lowest BCUT2D eigenvalue weighted by atomic mass is 9.75. The van der Waals surface area contributed by atoms with E-state index in [-0.39, 0.29) is 5.04 Å². The van der Waals surface area contributed by atoms with E-state index in [2.05, 4.69) is 50.4 Å². The van der Waals surface area contributed by atoms with Crippen LogP contribution in [0.1, 0.15) is 47.5 Å². The molecule has 1 unspecified atom stereocenters. The molecule has 1 saturated carbocycles. The topological polar surface area (TPSA) is 60.2 Å². The van der Waals surface area contributed by atoms with Crippen LogP contribution in [0.2, 0.25) is 23.3 Å². The molecular formula is C21H32ClN3O2Si. The van der Waals surface area contributed by atoms with E-state index in [1.807, 2.05) is 36.8 Å². The van der Waals surface area contributed by atoms with Crippen LogP contribution in [0, 0.1) is 5.41 Å². The zero-order chi connectivity index (χ0) is 21.2. The monoisotopic (exact) mass is 421 g/mol. The molecule has 0 aliphatic heterocycles. The van der Waals surface area contributed by atoms with Crippen LogP contribution in [0.25, 0.3) is 11.0 Å². The van der Waals surface area contributed by atoms with Crippen LogP contribution >= 0.6 is 11.6 Å². The summed E-state index contributed by atoms with van der Waals surface area (Å²) in [6.45, 7) is 19.0. The average Bonchev–Trinajstić information content (AvgIpc) is 3.09. The number of hydrogen-bond donors (Lipinski definition) is 1. The molecule has 0 amide bonds. The molecule has 0 spiro atoms. The van der Waals surface area contributed by atoms with Crippen molar-refractivity contribution in [2.45, 2.75) is 76.9 Å². The summed E-state index contributed by atoms with van der Waals surface area (Å²) < 4.78 is 9.03. The van der Waals surface area contributed by atoms with E-state index in [0.717, 1.165) is 11.8 Å². The number of halogens is 1. The highest BCUT2D eigenvalue weighted by molar-refractivity contribution is 6.74. The fraction of sp³-hybridized carbons (Fsp3) is 0.619. The highest BCUT2D eigenvalue weighted by Gasteiger charge is 2.66. The quantitative estimate of drug-likeness (QED) is 0.402. The molecule has 2 heterocycles. The highest BCUT2D eigenvalue weighted by Crippen LogP contribution is 2.59. The lowest BCUT2D eigenvalue weighted by Gasteiger charge is -2.52. The van der Waals surface area contributed by atoms with E-state index in [9.17, 15) is 5.11 Å². The van der Waals surface area contributed by atoms with Crippen molar-refractivity contribution in [3.05, 3.63) is 36.4 Å². The summed E-state index contributed by atoms with van der Waals surface area (Å²) in [5.41, 5.74) is -1.99. The van der Waals surface area contributed by atoms with Gasteiger partial charge in [0.1, 0.15) is 22.7 Å². The third kappa shape index (κ3) is 2.80.